The highest BCUT2D eigenvalue weighted by atomic mass is 14.9. The zero-order valence-corrected chi connectivity index (χ0v) is 16.0. The van der Waals surface area contributed by atoms with Crippen molar-refractivity contribution in [2.75, 3.05) is 0 Å². The summed E-state index contributed by atoms with van der Waals surface area (Å²) in [6, 6.07) is 13.8. The van der Waals surface area contributed by atoms with E-state index in [1.165, 1.54) is 50.0 Å². The van der Waals surface area contributed by atoms with E-state index in [4.69, 9.17) is 0 Å². The minimum absolute atomic E-state index is 0.533. The average molecular weight is 318 g/mol. The van der Waals surface area contributed by atoms with Gasteiger partial charge in [0.05, 0.1) is 10.9 Å². The summed E-state index contributed by atoms with van der Waals surface area (Å²) >= 11 is 0. The van der Waals surface area contributed by atoms with E-state index >= 15 is 0 Å². The molecule has 0 bridgehead atoms. The van der Waals surface area contributed by atoms with Crippen LogP contribution < -0.4 is 4.57 Å². The van der Waals surface area contributed by atoms with Crippen molar-refractivity contribution < 1.29 is 4.57 Å². The molecule has 0 amide bonds. The molecule has 0 unspecified atom stereocenters. The van der Waals surface area contributed by atoms with E-state index < -0.39 is 0 Å². The summed E-state index contributed by atoms with van der Waals surface area (Å²) in [5.41, 5.74) is 9.45. The zero-order valence-electron chi connectivity index (χ0n) is 16.0. The number of hydrogen-bond donors (Lipinski definition) is 0. The van der Waals surface area contributed by atoms with Crippen LogP contribution in [0, 0.1) is 27.7 Å². The summed E-state index contributed by atoms with van der Waals surface area (Å²) in [6.45, 7) is 13.4. The third-order valence-corrected chi connectivity index (χ3v) is 5.30. The monoisotopic (exact) mass is 318 g/mol. The number of rotatable bonds is 2. The highest BCUT2D eigenvalue weighted by Crippen LogP contribution is 2.33. The Morgan fingerprint density at radius 1 is 0.875 bits per heavy atom. The van der Waals surface area contributed by atoms with Crippen LogP contribution in [0.25, 0.3) is 22.0 Å². The molecule has 0 aliphatic rings. The predicted molar refractivity (Wildman–Crippen MR) is 104 cm³/mol. The van der Waals surface area contributed by atoms with Crippen LogP contribution in [0.4, 0.5) is 0 Å². The molecule has 0 saturated carbocycles. The summed E-state index contributed by atoms with van der Waals surface area (Å²) in [5.74, 6) is 0.533. The lowest BCUT2D eigenvalue weighted by atomic mass is 9.90. The molecule has 0 N–H and O–H groups in total. The van der Waals surface area contributed by atoms with Crippen LogP contribution in [0.5, 0.6) is 0 Å². The van der Waals surface area contributed by atoms with Crippen molar-refractivity contribution >= 4 is 10.8 Å². The Labute approximate surface area is 146 Å². The molecule has 1 nitrogen and oxygen atoms in total. The number of fused-ring (bicyclic) bond motifs is 1. The number of pyridine rings is 1. The number of nitrogens with zero attached hydrogens (tertiary/aromatic N) is 1. The van der Waals surface area contributed by atoms with Crippen LogP contribution in [-0.4, -0.2) is 0 Å². The highest BCUT2D eigenvalue weighted by molar-refractivity contribution is 5.94. The van der Waals surface area contributed by atoms with Gasteiger partial charge in [-0.15, -0.1) is 0 Å². The molecule has 3 rings (SSSR count). The molecule has 0 spiro atoms. The Kier molecular flexibility index (Phi) is 4.21. The second-order valence-corrected chi connectivity index (χ2v) is 7.45. The van der Waals surface area contributed by atoms with Crippen molar-refractivity contribution in [1.29, 1.82) is 0 Å². The Morgan fingerprint density at radius 3 is 2.25 bits per heavy atom. The van der Waals surface area contributed by atoms with Crippen molar-refractivity contribution in [3.05, 3.63) is 64.3 Å². The first-order valence-corrected chi connectivity index (χ1v) is 8.81. The number of aromatic nitrogens is 1. The van der Waals surface area contributed by atoms with Gasteiger partial charge in [-0.1, -0.05) is 37.6 Å². The maximum atomic E-state index is 2.39. The molecule has 124 valence electrons. The van der Waals surface area contributed by atoms with Crippen molar-refractivity contribution in [1.82, 2.24) is 0 Å². The van der Waals surface area contributed by atoms with Gasteiger partial charge < -0.3 is 0 Å². The maximum Gasteiger partial charge on any atom is 0.220 e. The third-order valence-electron chi connectivity index (χ3n) is 5.30. The lowest BCUT2D eigenvalue weighted by molar-refractivity contribution is -0.665. The molecule has 0 atom stereocenters. The molecule has 0 aliphatic carbocycles. The number of hydrogen-bond acceptors (Lipinski definition) is 0. The van der Waals surface area contributed by atoms with Gasteiger partial charge in [0.25, 0.3) is 0 Å². The van der Waals surface area contributed by atoms with Gasteiger partial charge in [-0.25, -0.2) is 0 Å². The molecular formula is C23H28N+. The Balaban J connectivity index is 2.46. The Morgan fingerprint density at radius 2 is 1.58 bits per heavy atom. The Hall–Kier alpha value is -2.15. The highest BCUT2D eigenvalue weighted by Gasteiger charge is 2.21. The summed E-state index contributed by atoms with van der Waals surface area (Å²) < 4.78 is 2.34. The van der Waals surface area contributed by atoms with Gasteiger partial charge in [0.15, 0.2) is 5.69 Å². The minimum atomic E-state index is 0.533. The summed E-state index contributed by atoms with van der Waals surface area (Å²) in [5, 5.41) is 2.66. The van der Waals surface area contributed by atoms with Crippen molar-refractivity contribution in [3.8, 4) is 11.3 Å². The van der Waals surface area contributed by atoms with Gasteiger partial charge in [0.2, 0.25) is 5.69 Å². The second kappa shape index (κ2) is 6.05. The standard InChI is InChI=1S/C23H28N/c1-14(2)20-11-16(4)18(6)21(13-20)23-22-10-15(3)8-9-19(22)12-17(5)24(23)7/h8-14H,1-7H3/q+1. The molecule has 1 heteroatoms. The first-order valence-electron chi connectivity index (χ1n) is 8.81. The van der Waals surface area contributed by atoms with Crippen LogP contribution in [0.2, 0.25) is 0 Å². The fraction of sp³-hybridized carbons (Fsp3) is 0.348. The van der Waals surface area contributed by atoms with Crippen molar-refractivity contribution in [2.24, 2.45) is 7.05 Å². The quantitative estimate of drug-likeness (QED) is 0.535. The molecule has 3 aromatic rings. The van der Waals surface area contributed by atoms with E-state index in [1.54, 1.807) is 0 Å². The lowest BCUT2D eigenvalue weighted by Gasteiger charge is -2.15. The van der Waals surface area contributed by atoms with Gasteiger partial charge >= 0.3 is 0 Å². The largest absolute Gasteiger partial charge is 0.220 e. The summed E-state index contributed by atoms with van der Waals surface area (Å²) in [6.07, 6.45) is 0. The van der Waals surface area contributed by atoms with Gasteiger partial charge in [0.1, 0.15) is 7.05 Å². The van der Waals surface area contributed by atoms with E-state index in [2.05, 4.69) is 89.6 Å². The molecule has 1 heterocycles. The van der Waals surface area contributed by atoms with Crippen LogP contribution in [0.3, 0.4) is 0 Å². The zero-order chi connectivity index (χ0) is 17.6. The van der Waals surface area contributed by atoms with Gasteiger partial charge in [-0.2, -0.15) is 4.57 Å². The number of benzene rings is 2. The molecule has 0 radical (unpaired) electrons. The maximum absolute atomic E-state index is 2.39. The fourth-order valence-corrected chi connectivity index (χ4v) is 3.47. The van der Waals surface area contributed by atoms with E-state index in [0.29, 0.717) is 5.92 Å². The smallest absolute Gasteiger partial charge is 0.198 e. The lowest BCUT2D eigenvalue weighted by Crippen LogP contribution is -2.35. The molecule has 24 heavy (non-hydrogen) atoms. The average Bonchev–Trinajstić information content (AvgIpc) is 2.52. The molecular weight excluding hydrogens is 290 g/mol. The topological polar surface area (TPSA) is 3.88 Å². The van der Waals surface area contributed by atoms with Crippen LogP contribution >= 0.6 is 0 Å². The Bertz CT molecular complexity index is 933. The second-order valence-electron chi connectivity index (χ2n) is 7.45. The fourth-order valence-electron chi connectivity index (χ4n) is 3.47. The predicted octanol–water partition coefficient (Wildman–Crippen LogP) is 5.69. The van der Waals surface area contributed by atoms with Crippen molar-refractivity contribution in [3.63, 3.8) is 0 Å². The summed E-state index contributed by atoms with van der Waals surface area (Å²) in [4.78, 5) is 0. The van der Waals surface area contributed by atoms with Crippen LogP contribution in [-0.2, 0) is 7.05 Å². The van der Waals surface area contributed by atoms with E-state index in [-0.39, 0.29) is 0 Å². The van der Waals surface area contributed by atoms with Crippen molar-refractivity contribution in [2.45, 2.75) is 47.5 Å². The molecule has 1 aromatic heterocycles. The third kappa shape index (κ3) is 2.73. The number of aryl methyl sites for hydroxylation is 3. The van der Waals surface area contributed by atoms with Gasteiger partial charge in [0, 0.05) is 13.0 Å². The normalized spacial score (nSPS) is 11.5. The molecule has 0 saturated heterocycles. The van der Waals surface area contributed by atoms with E-state index in [9.17, 15) is 0 Å². The molecule has 0 fully saturated rings. The van der Waals surface area contributed by atoms with Crippen LogP contribution in [0.1, 0.15) is 47.7 Å². The van der Waals surface area contributed by atoms with Gasteiger partial charge in [-0.05, 0) is 60.9 Å². The summed E-state index contributed by atoms with van der Waals surface area (Å²) in [7, 11) is 2.18. The van der Waals surface area contributed by atoms with E-state index in [0.717, 1.165) is 0 Å². The van der Waals surface area contributed by atoms with Gasteiger partial charge in [-0.3, -0.25) is 0 Å². The molecule has 2 aromatic carbocycles. The SMILES string of the molecule is Cc1ccc2cc(C)[n+](C)c(-c3cc(C(C)C)cc(C)c3C)c2c1. The minimum Gasteiger partial charge on any atom is -0.198 e. The molecule has 0 aliphatic heterocycles. The van der Waals surface area contributed by atoms with E-state index in [1.807, 2.05) is 0 Å². The first-order chi connectivity index (χ1) is 11.3. The van der Waals surface area contributed by atoms with Crippen LogP contribution in [0.15, 0.2) is 36.4 Å². The first kappa shape index (κ1) is 16.7.